The van der Waals surface area contributed by atoms with Crippen LogP contribution in [0.25, 0.3) is 10.2 Å². The van der Waals surface area contributed by atoms with Gasteiger partial charge in [0, 0.05) is 16.3 Å². The van der Waals surface area contributed by atoms with E-state index in [9.17, 15) is 4.79 Å². The molecule has 0 saturated carbocycles. The van der Waals surface area contributed by atoms with Crippen LogP contribution in [-0.4, -0.2) is 33.9 Å². The summed E-state index contributed by atoms with van der Waals surface area (Å²) in [6.45, 7) is 2.06. The summed E-state index contributed by atoms with van der Waals surface area (Å²) in [4.78, 5) is 24.6. The van der Waals surface area contributed by atoms with Crippen LogP contribution in [0.5, 0.6) is 0 Å². The van der Waals surface area contributed by atoms with Crippen molar-refractivity contribution in [1.29, 1.82) is 0 Å². The summed E-state index contributed by atoms with van der Waals surface area (Å²) in [6, 6.07) is 10.4. The van der Waals surface area contributed by atoms with Crippen molar-refractivity contribution in [3.05, 3.63) is 46.3 Å². The molecule has 3 aromatic rings. The largest absolute Gasteiger partial charge is 0.353 e. The number of thioether (sulfide) groups is 2. The number of nitrogens with zero attached hydrogens (tertiary/aromatic N) is 2. The molecule has 1 unspecified atom stereocenters. The van der Waals surface area contributed by atoms with Crippen LogP contribution in [0.1, 0.15) is 35.8 Å². The van der Waals surface area contributed by atoms with E-state index < -0.39 is 0 Å². The number of amides is 1. The number of thiophene rings is 1. The maximum absolute atomic E-state index is 12.6. The van der Waals surface area contributed by atoms with Gasteiger partial charge in [-0.25, -0.2) is 9.97 Å². The Balaban J connectivity index is 1.46. The number of aromatic nitrogens is 2. The molecule has 2 aromatic heterocycles. The first-order valence-electron chi connectivity index (χ1n) is 9.96. The number of nitrogens with one attached hydrogen (secondary N) is 1. The Hall–Kier alpha value is -1.57. The van der Waals surface area contributed by atoms with Gasteiger partial charge in [0.05, 0.1) is 5.75 Å². The molecule has 0 aliphatic heterocycles. The van der Waals surface area contributed by atoms with Crippen molar-refractivity contribution in [3.63, 3.8) is 0 Å². The molecule has 0 fully saturated rings. The van der Waals surface area contributed by atoms with Gasteiger partial charge in [-0.15, -0.1) is 11.3 Å². The van der Waals surface area contributed by atoms with Crippen LogP contribution in [0.3, 0.4) is 0 Å². The van der Waals surface area contributed by atoms with E-state index in [1.54, 1.807) is 23.5 Å². The first-order chi connectivity index (χ1) is 14.1. The Kier molecular flexibility index (Phi) is 6.77. The molecule has 4 nitrogen and oxygen atoms in total. The topological polar surface area (TPSA) is 54.9 Å². The van der Waals surface area contributed by atoms with E-state index in [1.165, 1.54) is 34.2 Å². The highest BCUT2D eigenvalue weighted by molar-refractivity contribution is 8.00. The zero-order chi connectivity index (χ0) is 20.2. The predicted molar refractivity (Wildman–Crippen MR) is 124 cm³/mol. The third-order valence-corrected chi connectivity index (χ3v) is 7.78. The molecular formula is C22H25N3OS3. The molecule has 152 valence electrons. The van der Waals surface area contributed by atoms with Gasteiger partial charge in [-0.1, -0.05) is 53.9 Å². The van der Waals surface area contributed by atoms with Crippen LogP contribution in [0.4, 0.5) is 0 Å². The monoisotopic (exact) mass is 443 g/mol. The summed E-state index contributed by atoms with van der Waals surface area (Å²) in [5.74, 6) is 0.434. The average Bonchev–Trinajstić information content (AvgIpc) is 3.11. The lowest BCUT2D eigenvalue weighted by molar-refractivity contribution is -0.119. The highest BCUT2D eigenvalue weighted by Gasteiger charge is 2.22. The maximum atomic E-state index is 12.6. The van der Waals surface area contributed by atoms with Gasteiger partial charge in [0.15, 0.2) is 5.16 Å². The zero-order valence-electron chi connectivity index (χ0n) is 16.7. The van der Waals surface area contributed by atoms with Crippen molar-refractivity contribution < 1.29 is 4.79 Å². The van der Waals surface area contributed by atoms with Crippen LogP contribution in [0.15, 0.2) is 40.5 Å². The predicted octanol–water partition coefficient (Wildman–Crippen LogP) is 5.13. The van der Waals surface area contributed by atoms with Gasteiger partial charge >= 0.3 is 0 Å². The number of hydrogen-bond donors (Lipinski definition) is 1. The fourth-order valence-corrected chi connectivity index (χ4v) is 6.44. The number of aryl methyl sites for hydroxylation is 2. The number of rotatable bonds is 7. The first-order valence-corrected chi connectivity index (χ1v) is 13.0. The molecule has 0 saturated heterocycles. The fourth-order valence-electron chi connectivity index (χ4n) is 3.77. The Morgan fingerprint density at radius 2 is 2.00 bits per heavy atom. The molecule has 0 spiro atoms. The number of carbonyl (C=O) groups excluding carboxylic acids is 1. The Morgan fingerprint density at radius 1 is 1.21 bits per heavy atom. The quantitative estimate of drug-likeness (QED) is 0.312. The molecule has 1 N–H and O–H groups in total. The summed E-state index contributed by atoms with van der Waals surface area (Å²) in [5, 5.41) is 6.07. The standard InChI is InChI=1S/C22H25N3OS3/c1-14(12-15-8-4-3-5-9-15)23-18(26)13-28-20-19-16-10-6-7-11-17(16)29-21(19)25-22(24-20)27-2/h3-5,8-9,14H,6-7,10-13H2,1-2H3,(H,23,26). The fraction of sp³-hybridized carbons (Fsp3) is 0.409. The molecule has 1 aromatic carbocycles. The number of carbonyl (C=O) groups is 1. The molecule has 0 bridgehead atoms. The van der Waals surface area contributed by atoms with Crippen molar-refractivity contribution >= 4 is 51.0 Å². The smallest absolute Gasteiger partial charge is 0.230 e. The van der Waals surface area contributed by atoms with Crippen molar-refractivity contribution in [2.75, 3.05) is 12.0 Å². The molecular weight excluding hydrogens is 418 g/mol. The maximum Gasteiger partial charge on any atom is 0.230 e. The van der Waals surface area contributed by atoms with Crippen molar-refractivity contribution in [2.24, 2.45) is 0 Å². The minimum atomic E-state index is 0.0555. The summed E-state index contributed by atoms with van der Waals surface area (Å²) < 4.78 is 0. The molecule has 4 rings (SSSR count). The van der Waals surface area contributed by atoms with E-state index >= 15 is 0 Å². The molecule has 1 aliphatic carbocycles. The SMILES string of the molecule is CSc1nc(SCC(=O)NC(C)Cc2ccccc2)c2c3c(sc2n1)CCCC3. The van der Waals surface area contributed by atoms with Crippen molar-refractivity contribution in [2.45, 2.75) is 55.3 Å². The average molecular weight is 444 g/mol. The second-order valence-electron chi connectivity index (χ2n) is 7.35. The van der Waals surface area contributed by atoms with Crippen LogP contribution < -0.4 is 5.32 Å². The van der Waals surface area contributed by atoms with Gasteiger partial charge in [-0.05, 0) is 56.4 Å². The number of fused-ring (bicyclic) bond motifs is 3. The molecule has 1 aliphatic rings. The lowest BCUT2D eigenvalue weighted by Crippen LogP contribution is -2.35. The second kappa shape index (κ2) is 9.49. The van der Waals surface area contributed by atoms with Crippen molar-refractivity contribution in [1.82, 2.24) is 15.3 Å². The first kappa shape index (κ1) is 20.7. The Morgan fingerprint density at radius 3 is 2.79 bits per heavy atom. The zero-order valence-corrected chi connectivity index (χ0v) is 19.2. The minimum Gasteiger partial charge on any atom is -0.353 e. The molecule has 7 heteroatoms. The summed E-state index contributed by atoms with van der Waals surface area (Å²) in [6.07, 6.45) is 7.57. The molecule has 1 amide bonds. The van der Waals surface area contributed by atoms with Crippen LogP contribution in [0, 0.1) is 0 Å². The van der Waals surface area contributed by atoms with Gasteiger partial charge in [-0.2, -0.15) is 0 Å². The lowest BCUT2D eigenvalue weighted by Gasteiger charge is -2.14. The molecule has 29 heavy (non-hydrogen) atoms. The third-order valence-electron chi connectivity index (χ3n) is 5.08. The van der Waals surface area contributed by atoms with Gasteiger partial charge < -0.3 is 5.32 Å². The highest BCUT2D eigenvalue weighted by atomic mass is 32.2. The molecule has 1 atom stereocenters. The number of hydrogen-bond acceptors (Lipinski definition) is 6. The van der Waals surface area contributed by atoms with E-state index in [0.29, 0.717) is 5.75 Å². The summed E-state index contributed by atoms with van der Waals surface area (Å²) in [5.41, 5.74) is 2.66. The van der Waals surface area contributed by atoms with E-state index in [4.69, 9.17) is 9.97 Å². The van der Waals surface area contributed by atoms with Crippen molar-refractivity contribution in [3.8, 4) is 0 Å². The number of benzene rings is 1. The molecule has 2 heterocycles. The normalized spacial score (nSPS) is 14.6. The van der Waals surface area contributed by atoms with Gasteiger partial charge in [-0.3, -0.25) is 4.79 Å². The van der Waals surface area contributed by atoms with Crippen LogP contribution in [0.2, 0.25) is 0 Å². The third kappa shape index (κ3) is 4.95. The van der Waals surface area contributed by atoms with E-state index in [0.717, 1.165) is 34.3 Å². The van der Waals surface area contributed by atoms with Gasteiger partial charge in [0.25, 0.3) is 0 Å². The van der Waals surface area contributed by atoms with E-state index in [1.807, 2.05) is 35.8 Å². The minimum absolute atomic E-state index is 0.0555. The second-order valence-corrected chi connectivity index (χ2v) is 10.2. The van der Waals surface area contributed by atoms with E-state index in [2.05, 4.69) is 24.4 Å². The van der Waals surface area contributed by atoms with Crippen LogP contribution in [-0.2, 0) is 24.1 Å². The molecule has 0 radical (unpaired) electrons. The summed E-state index contributed by atoms with van der Waals surface area (Å²) in [7, 11) is 0. The summed E-state index contributed by atoms with van der Waals surface area (Å²) >= 11 is 4.92. The van der Waals surface area contributed by atoms with Gasteiger partial charge in [0.1, 0.15) is 9.86 Å². The highest BCUT2D eigenvalue weighted by Crippen LogP contribution is 2.40. The van der Waals surface area contributed by atoms with Crippen LogP contribution >= 0.6 is 34.9 Å². The lowest BCUT2D eigenvalue weighted by atomic mass is 9.97. The van der Waals surface area contributed by atoms with E-state index in [-0.39, 0.29) is 11.9 Å². The Bertz CT molecular complexity index is 1000. The van der Waals surface area contributed by atoms with Gasteiger partial charge in [0.2, 0.25) is 5.91 Å². The Labute approximate surface area is 184 Å².